The van der Waals surface area contributed by atoms with Crippen LogP contribution in [0.5, 0.6) is 0 Å². The Morgan fingerprint density at radius 1 is 1.35 bits per heavy atom. The van der Waals surface area contributed by atoms with Gasteiger partial charge in [-0.15, -0.1) is 0 Å². The van der Waals surface area contributed by atoms with E-state index in [-0.39, 0.29) is 6.04 Å². The zero-order valence-corrected chi connectivity index (χ0v) is 9.34. The first-order chi connectivity index (χ1) is 8.25. The largest absolute Gasteiger partial charge is 0.480 e. The van der Waals surface area contributed by atoms with Crippen molar-refractivity contribution < 1.29 is 9.90 Å². The fraction of sp³-hybridized carbons (Fsp3) is 0.308. The molecule has 4 nitrogen and oxygen atoms in total. The molecule has 88 valence electrons. The molecule has 2 unspecified atom stereocenters. The van der Waals surface area contributed by atoms with Crippen molar-refractivity contribution in [2.24, 2.45) is 0 Å². The highest BCUT2D eigenvalue weighted by molar-refractivity contribution is 5.77. The maximum atomic E-state index is 11.2. The third-order valence-corrected chi connectivity index (χ3v) is 3.42. The van der Waals surface area contributed by atoms with Gasteiger partial charge < -0.3 is 10.4 Å². The standard InChI is InChI=1S/C13H14N2O2/c16-13(17)12-6-5-10-7-14-11-4-2-1-3-9(11)8-15(10)12/h1-6,10,12,14H,7-8H2,(H,16,17). The molecule has 1 aromatic carbocycles. The second-order valence-electron chi connectivity index (χ2n) is 4.45. The first-order valence-corrected chi connectivity index (χ1v) is 5.74. The van der Waals surface area contributed by atoms with E-state index in [0.717, 1.165) is 17.8 Å². The third kappa shape index (κ3) is 1.70. The number of carbonyl (C=O) groups is 1. The summed E-state index contributed by atoms with van der Waals surface area (Å²) in [5.41, 5.74) is 2.27. The van der Waals surface area contributed by atoms with Crippen molar-refractivity contribution in [1.82, 2.24) is 4.90 Å². The minimum Gasteiger partial charge on any atom is -0.480 e. The Morgan fingerprint density at radius 3 is 3.00 bits per heavy atom. The van der Waals surface area contributed by atoms with Crippen LogP contribution in [0, 0.1) is 0 Å². The van der Waals surface area contributed by atoms with Crippen LogP contribution in [0.3, 0.4) is 0 Å². The van der Waals surface area contributed by atoms with E-state index in [0.29, 0.717) is 6.54 Å². The summed E-state index contributed by atoms with van der Waals surface area (Å²) in [5, 5.41) is 12.5. The van der Waals surface area contributed by atoms with E-state index in [1.54, 1.807) is 6.08 Å². The third-order valence-electron chi connectivity index (χ3n) is 3.42. The molecule has 0 bridgehead atoms. The molecule has 2 aliphatic heterocycles. The Kier molecular flexibility index (Phi) is 2.37. The minimum absolute atomic E-state index is 0.170. The van der Waals surface area contributed by atoms with Gasteiger partial charge in [-0.25, -0.2) is 0 Å². The van der Waals surface area contributed by atoms with Crippen LogP contribution >= 0.6 is 0 Å². The van der Waals surface area contributed by atoms with Crippen molar-refractivity contribution in [3.8, 4) is 0 Å². The van der Waals surface area contributed by atoms with Gasteiger partial charge in [-0.2, -0.15) is 0 Å². The summed E-state index contributed by atoms with van der Waals surface area (Å²) >= 11 is 0. The number of hydrogen-bond acceptors (Lipinski definition) is 3. The van der Waals surface area contributed by atoms with Gasteiger partial charge in [-0.3, -0.25) is 9.69 Å². The van der Waals surface area contributed by atoms with E-state index >= 15 is 0 Å². The molecular weight excluding hydrogens is 216 g/mol. The van der Waals surface area contributed by atoms with Crippen LogP contribution in [-0.2, 0) is 11.3 Å². The second kappa shape index (κ2) is 3.89. The summed E-state index contributed by atoms with van der Waals surface area (Å²) in [5.74, 6) is -0.775. The lowest BCUT2D eigenvalue weighted by atomic mass is 10.1. The molecule has 2 heterocycles. The lowest BCUT2D eigenvalue weighted by molar-refractivity contribution is -0.141. The topological polar surface area (TPSA) is 52.6 Å². The Balaban J connectivity index is 1.93. The summed E-state index contributed by atoms with van der Waals surface area (Å²) in [6, 6.07) is 7.74. The number of anilines is 1. The molecule has 3 rings (SSSR count). The Morgan fingerprint density at radius 2 is 2.18 bits per heavy atom. The predicted octanol–water partition coefficient (Wildman–Crippen LogP) is 1.31. The van der Waals surface area contributed by atoms with Crippen LogP contribution in [-0.4, -0.2) is 34.6 Å². The first kappa shape index (κ1) is 10.4. The SMILES string of the molecule is O=C(O)C1C=CC2CNc3ccccc3CN21. The van der Waals surface area contributed by atoms with Crippen LogP contribution in [0.25, 0.3) is 0 Å². The molecule has 0 spiro atoms. The van der Waals surface area contributed by atoms with Crippen molar-refractivity contribution in [2.75, 3.05) is 11.9 Å². The molecule has 17 heavy (non-hydrogen) atoms. The van der Waals surface area contributed by atoms with Crippen molar-refractivity contribution >= 4 is 11.7 Å². The number of aliphatic carboxylic acids is 1. The number of carboxylic acid groups (broad SMARTS) is 1. The molecule has 0 amide bonds. The molecule has 0 saturated heterocycles. The fourth-order valence-corrected chi connectivity index (χ4v) is 2.53. The second-order valence-corrected chi connectivity index (χ2v) is 4.45. The van der Waals surface area contributed by atoms with Crippen LogP contribution in [0.15, 0.2) is 36.4 Å². The summed E-state index contributed by atoms with van der Waals surface area (Å²) < 4.78 is 0. The summed E-state index contributed by atoms with van der Waals surface area (Å²) in [6.45, 7) is 1.44. The van der Waals surface area contributed by atoms with E-state index in [2.05, 4.69) is 5.32 Å². The minimum atomic E-state index is -0.775. The van der Waals surface area contributed by atoms with Crippen molar-refractivity contribution in [2.45, 2.75) is 18.6 Å². The lowest BCUT2D eigenvalue weighted by Gasteiger charge is -2.25. The predicted molar refractivity (Wildman–Crippen MR) is 64.8 cm³/mol. The lowest BCUT2D eigenvalue weighted by Crippen LogP contribution is -2.42. The van der Waals surface area contributed by atoms with E-state index in [4.69, 9.17) is 0 Å². The molecule has 0 saturated carbocycles. The number of nitrogens with one attached hydrogen (secondary N) is 1. The monoisotopic (exact) mass is 230 g/mol. The van der Waals surface area contributed by atoms with Gasteiger partial charge in [0.1, 0.15) is 6.04 Å². The van der Waals surface area contributed by atoms with Gasteiger partial charge in [-0.1, -0.05) is 30.4 Å². The Hall–Kier alpha value is -1.81. The smallest absolute Gasteiger partial charge is 0.324 e. The highest BCUT2D eigenvalue weighted by Crippen LogP contribution is 2.27. The maximum Gasteiger partial charge on any atom is 0.324 e. The van der Waals surface area contributed by atoms with Crippen molar-refractivity contribution in [3.05, 3.63) is 42.0 Å². The van der Waals surface area contributed by atoms with E-state index < -0.39 is 12.0 Å². The molecule has 1 aromatic rings. The molecule has 2 N–H and O–H groups in total. The number of nitrogens with zero attached hydrogens (tertiary/aromatic N) is 1. The van der Waals surface area contributed by atoms with Crippen LogP contribution in [0.4, 0.5) is 5.69 Å². The summed E-state index contributed by atoms with van der Waals surface area (Å²) in [7, 11) is 0. The molecule has 4 heteroatoms. The quantitative estimate of drug-likeness (QED) is 0.714. The Labute approximate surface area is 99.6 Å². The van der Waals surface area contributed by atoms with Crippen molar-refractivity contribution in [3.63, 3.8) is 0 Å². The molecule has 0 aromatic heterocycles. The summed E-state index contributed by atoms with van der Waals surface area (Å²) in [4.78, 5) is 13.2. The summed E-state index contributed by atoms with van der Waals surface area (Å²) in [6.07, 6.45) is 3.76. The molecular formula is C13H14N2O2. The van der Waals surface area contributed by atoms with Gasteiger partial charge in [0.2, 0.25) is 0 Å². The molecule has 0 radical (unpaired) electrons. The number of para-hydroxylation sites is 1. The van der Waals surface area contributed by atoms with Crippen LogP contribution in [0.1, 0.15) is 5.56 Å². The highest BCUT2D eigenvalue weighted by Gasteiger charge is 2.34. The normalized spacial score (nSPS) is 26.8. The Bertz CT molecular complexity index is 484. The molecule has 2 aliphatic rings. The van der Waals surface area contributed by atoms with Crippen molar-refractivity contribution in [1.29, 1.82) is 0 Å². The molecule has 0 aliphatic carbocycles. The van der Waals surface area contributed by atoms with E-state index in [9.17, 15) is 9.90 Å². The highest BCUT2D eigenvalue weighted by atomic mass is 16.4. The number of fused-ring (bicyclic) bond motifs is 2. The van der Waals surface area contributed by atoms with Gasteiger partial charge in [0.05, 0.1) is 0 Å². The average molecular weight is 230 g/mol. The number of rotatable bonds is 1. The number of hydrogen-bond donors (Lipinski definition) is 2. The van der Waals surface area contributed by atoms with Crippen LogP contribution < -0.4 is 5.32 Å². The first-order valence-electron chi connectivity index (χ1n) is 5.74. The van der Waals surface area contributed by atoms with Gasteiger partial charge in [0, 0.05) is 24.8 Å². The van der Waals surface area contributed by atoms with Gasteiger partial charge in [0.25, 0.3) is 0 Å². The van der Waals surface area contributed by atoms with Gasteiger partial charge >= 0.3 is 5.97 Å². The number of benzene rings is 1. The molecule has 0 fully saturated rings. The fourth-order valence-electron chi connectivity index (χ4n) is 2.53. The van der Waals surface area contributed by atoms with E-state index in [1.165, 1.54) is 0 Å². The van der Waals surface area contributed by atoms with Gasteiger partial charge in [0.15, 0.2) is 0 Å². The maximum absolute atomic E-state index is 11.2. The molecule has 2 atom stereocenters. The zero-order chi connectivity index (χ0) is 11.8. The van der Waals surface area contributed by atoms with Crippen LogP contribution in [0.2, 0.25) is 0 Å². The average Bonchev–Trinajstić information content (AvgIpc) is 2.63. The number of carboxylic acids is 1. The zero-order valence-electron chi connectivity index (χ0n) is 9.34. The van der Waals surface area contributed by atoms with E-state index in [1.807, 2.05) is 35.2 Å². The van der Waals surface area contributed by atoms with Gasteiger partial charge in [-0.05, 0) is 11.6 Å².